The second-order valence-corrected chi connectivity index (χ2v) is 5.10. The molecule has 20 heavy (non-hydrogen) atoms. The zero-order valence-electron chi connectivity index (χ0n) is 12.0. The largest absolute Gasteiger partial charge is 0.373 e. The third-order valence-corrected chi connectivity index (χ3v) is 3.59. The Kier molecular flexibility index (Phi) is 3.14. The first-order valence-corrected chi connectivity index (χ1v) is 6.75. The number of pyridine rings is 1. The molecule has 2 N–H and O–H groups in total. The molecule has 0 saturated heterocycles. The van der Waals surface area contributed by atoms with E-state index in [-0.39, 0.29) is 0 Å². The van der Waals surface area contributed by atoms with Crippen LogP contribution in [-0.4, -0.2) is 22.0 Å². The van der Waals surface area contributed by atoms with Crippen molar-refractivity contribution >= 4 is 17.0 Å². The highest BCUT2D eigenvalue weighted by molar-refractivity contribution is 5.72. The number of hydrogen-bond donors (Lipinski definition) is 2. The molecular formula is C16H18N4. The first-order chi connectivity index (χ1) is 9.65. The van der Waals surface area contributed by atoms with Gasteiger partial charge in [0.25, 0.3) is 0 Å². The SMILES string of the molecule is CNc1ccc2[nH]c(Cc3ccc(C)c(C)c3)nc2n1. The summed E-state index contributed by atoms with van der Waals surface area (Å²) in [6.45, 7) is 4.27. The van der Waals surface area contributed by atoms with Crippen molar-refractivity contribution in [3.05, 3.63) is 52.8 Å². The van der Waals surface area contributed by atoms with Crippen LogP contribution in [0.3, 0.4) is 0 Å². The van der Waals surface area contributed by atoms with Crippen molar-refractivity contribution in [2.24, 2.45) is 0 Å². The van der Waals surface area contributed by atoms with Gasteiger partial charge in [0.15, 0.2) is 5.65 Å². The molecule has 0 radical (unpaired) electrons. The van der Waals surface area contributed by atoms with Gasteiger partial charge in [0.05, 0.1) is 5.52 Å². The van der Waals surface area contributed by atoms with Crippen molar-refractivity contribution in [2.75, 3.05) is 12.4 Å². The summed E-state index contributed by atoms with van der Waals surface area (Å²) in [5.74, 6) is 1.78. The van der Waals surface area contributed by atoms with E-state index < -0.39 is 0 Å². The number of rotatable bonds is 3. The lowest BCUT2D eigenvalue weighted by Gasteiger charge is -2.03. The van der Waals surface area contributed by atoms with Crippen molar-refractivity contribution in [3.63, 3.8) is 0 Å². The molecule has 0 aliphatic heterocycles. The van der Waals surface area contributed by atoms with Gasteiger partial charge in [-0.2, -0.15) is 0 Å². The van der Waals surface area contributed by atoms with Crippen LogP contribution in [0.4, 0.5) is 5.82 Å². The number of fused-ring (bicyclic) bond motifs is 1. The Bertz CT molecular complexity index is 758. The van der Waals surface area contributed by atoms with Gasteiger partial charge in [-0.05, 0) is 42.7 Å². The van der Waals surface area contributed by atoms with E-state index in [9.17, 15) is 0 Å². The van der Waals surface area contributed by atoms with Crippen LogP contribution in [0.2, 0.25) is 0 Å². The summed E-state index contributed by atoms with van der Waals surface area (Å²) in [5.41, 5.74) is 5.63. The summed E-state index contributed by atoms with van der Waals surface area (Å²) in [4.78, 5) is 12.3. The molecule has 0 aliphatic carbocycles. The van der Waals surface area contributed by atoms with Crippen molar-refractivity contribution in [1.29, 1.82) is 0 Å². The Morgan fingerprint density at radius 3 is 2.65 bits per heavy atom. The zero-order valence-corrected chi connectivity index (χ0v) is 12.0. The van der Waals surface area contributed by atoms with E-state index >= 15 is 0 Å². The maximum absolute atomic E-state index is 4.56. The van der Waals surface area contributed by atoms with Crippen LogP contribution in [0, 0.1) is 13.8 Å². The Hall–Kier alpha value is -2.36. The van der Waals surface area contributed by atoms with Gasteiger partial charge < -0.3 is 10.3 Å². The van der Waals surface area contributed by atoms with Gasteiger partial charge in [0, 0.05) is 13.5 Å². The van der Waals surface area contributed by atoms with Crippen LogP contribution in [0.15, 0.2) is 30.3 Å². The molecule has 4 heteroatoms. The molecule has 0 aliphatic rings. The number of anilines is 1. The fourth-order valence-corrected chi connectivity index (χ4v) is 2.27. The molecule has 1 aromatic carbocycles. The van der Waals surface area contributed by atoms with E-state index in [0.29, 0.717) is 0 Å². The molecule has 3 aromatic rings. The van der Waals surface area contributed by atoms with E-state index in [1.54, 1.807) is 0 Å². The predicted octanol–water partition coefficient (Wildman–Crippen LogP) is 3.21. The lowest BCUT2D eigenvalue weighted by Crippen LogP contribution is -1.93. The molecule has 2 aromatic heterocycles. The second-order valence-electron chi connectivity index (χ2n) is 5.10. The molecule has 2 heterocycles. The van der Waals surface area contributed by atoms with Crippen molar-refractivity contribution in [2.45, 2.75) is 20.3 Å². The minimum atomic E-state index is 0.760. The predicted molar refractivity (Wildman–Crippen MR) is 82.2 cm³/mol. The summed E-state index contributed by atoms with van der Waals surface area (Å²) in [7, 11) is 1.86. The molecule has 0 bridgehead atoms. The third-order valence-electron chi connectivity index (χ3n) is 3.59. The van der Waals surface area contributed by atoms with E-state index in [0.717, 1.165) is 29.2 Å². The maximum atomic E-state index is 4.56. The van der Waals surface area contributed by atoms with Crippen molar-refractivity contribution in [3.8, 4) is 0 Å². The Morgan fingerprint density at radius 1 is 1.05 bits per heavy atom. The molecule has 0 fully saturated rings. The second kappa shape index (κ2) is 4.96. The maximum Gasteiger partial charge on any atom is 0.179 e. The van der Waals surface area contributed by atoms with Crippen LogP contribution < -0.4 is 5.32 Å². The molecule has 102 valence electrons. The monoisotopic (exact) mass is 266 g/mol. The highest BCUT2D eigenvalue weighted by Crippen LogP contribution is 2.16. The molecule has 0 unspecified atom stereocenters. The standard InChI is InChI=1S/C16H18N4/c1-10-4-5-12(8-11(10)2)9-15-18-13-6-7-14(17-3)19-16(13)20-15/h4-8H,9H2,1-3H3,(H2,17,18,19,20). The lowest BCUT2D eigenvalue weighted by atomic mass is 10.0. The number of imidazole rings is 1. The number of aryl methyl sites for hydroxylation is 2. The van der Waals surface area contributed by atoms with Crippen LogP contribution in [0.5, 0.6) is 0 Å². The number of H-pyrrole nitrogens is 1. The molecule has 0 spiro atoms. The third kappa shape index (κ3) is 2.37. The van der Waals surface area contributed by atoms with Gasteiger partial charge >= 0.3 is 0 Å². The van der Waals surface area contributed by atoms with Gasteiger partial charge in [-0.1, -0.05) is 18.2 Å². The average molecular weight is 266 g/mol. The summed E-state index contributed by atoms with van der Waals surface area (Å²) >= 11 is 0. The van der Waals surface area contributed by atoms with Crippen LogP contribution in [0.25, 0.3) is 11.2 Å². The highest BCUT2D eigenvalue weighted by atomic mass is 15.0. The molecule has 0 atom stereocenters. The Labute approximate surface area is 118 Å². The van der Waals surface area contributed by atoms with E-state index in [1.807, 2.05) is 19.2 Å². The lowest BCUT2D eigenvalue weighted by molar-refractivity contribution is 1.03. The van der Waals surface area contributed by atoms with Gasteiger partial charge in [-0.15, -0.1) is 0 Å². The topological polar surface area (TPSA) is 53.6 Å². The fourth-order valence-electron chi connectivity index (χ4n) is 2.27. The van der Waals surface area contributed by atoms with Crippen molar-refractivity contribution < 1.29 is 0 Å². The normalized spacial score (nSPS) is 10.9. The van der Waals surface area contributed by atoms with E-state index in [1.165, 1.54) is 16.7 Å². The smallest absolute Gasteiger partial charge is 0.179 e. The van der Waals surface area contributed by atoms with Crippen LogP contribution in [0.1, 0.15) is 22.5 Å². The molecule has 0 saturated carbocycles. The molecule has 0 amide bonds. The highest BCUT2D eigenvalue weighted by Gasteiger charge is 2.06. The number of nitrogens with zero attached hydrogens (tertiary/aromatic N) is 2. The van der Waals surface area contributed by atoms with E-state index in [2.05, 4.69) is 52.3 Å². The Morgan fingerprint density at radius 2 is 1.90 bits per heavy atom. The van der Waals surface area contributed by atoms with Crippen LogP contribution >= 0.6 is 0 Å². The summed E-state index contributed by atoms with van der Waals surface area (Å²) in [5, 5.41) is 3.03. The minimum Gasteiger partial charge on any atom is -0.373 e. The minimum absolute atomic E-state index is 0.760. The zero-order chi connectivity index (χ0) is 14.1. The number of aromatic nitrogens is 3. The molecule has 4 nitrogen and oxygen atoms in total. The molecule has 3 rings (SSSR count). The summed E-state index contributed by atoms with van der Waals surface area (Å²) in [6.07, 6.45) is 0.798. The first kappa shape index (κ1) is 12.7. The first-order valence-electron chi connectivity index (χ1n) is 6.75. The number of benzene rings is 1. The van der Waals surface area contributed by atoms with Gasteiger partial charge in [0.1, 0.15) is 11.6 Å². The average Bonchev–Trinajstić information content (AvgIpc) is 2.84. The van der Waals surface area contributed by atoms with Gasteiger partial charge in [-0.3, -0.25) is 0 Å². The van der Waals surface area contributed by atoms with Crippen LogP contribution in [-0.2, 0) is 6.42 Å². The quantitative estimate of drug-likeness (QED) is 0.765. The van der Waals surface area contributed by atoms with Gasteiger partial charge in [0.2, 0.25) is 0 Å². The summed E-state index contributed by atoms with van der Waals surface area (Å²) < 4.78 is 0. The fraction of sp³-hybridized carbons (Fsp3) is 0.250. The molecular weight excluding hydrogens is 248 g/mol. The summed E-state index contributed by atoms with van der Waals surface area (Å²) in [6, 6.07) is 10.5. The number of hydrogen-bond acceptors (Lipinski definition) is 3. The van der Waals surface area contributed by atoms with E-state index in [4.69, 9.17) is 0 Å². The Balaban J connectivity index is 1.92. The van der Waals surface area contributed by atoms with Crippen molar-refractivity contribution in [1.82, 2.24) is 15.0 Å². The number of aromatic amines is 1. The number of nitrogens with one attached hydrogen (secondary N) is 2. The van der Waals surface area contributed by atoms with Gasteiger partial charge in [-0.25, -0.2) is 9.97 Å².